The van der Waals surface area contributed by atoms with Crippen LogP contribution >= 0.6 is 23.1 Å². The average Bonchev–Trinajstić information content (AvgIpc) is 3.12. The molecule has 108 valence electrons. The smallest absolute Gasteiger partial charge is 0.269 e. The van der Waals surface area contributed by atoms with E-state index in [-0.39, 0.29) is 18.6 Å². The molecule has 0 aliphatic rings. The molecule has 0 unspecified atom stereocenters. The monoisotopic (exact) mass is 311 g/mol. The van der Waals surface area contributed by atoms with Gasteiger partial charge in [0.05, 0.1) is 18.3 Å². The summed E-state index contributed by atoms with van der Waals surface area (Å²) in [6, 6.07) is 3.46. The quantitative estimate of drug-likeness (QED) is 0.730. The van der Waals surface area contributed by atoms with Gasteiger partial charge >= 0.3 is 0 Å². The minimum absolute atomic E-state index is 0.0577. The molecule has 2 aromatic heterocycles. The fourth-order valence-corrected chi connectivity index (χ4v) is 2.90. The van der Waals surface area contributed by atoms with Gasteiger partial charge in [-0.25, -0.2) is 0 Å². The normalized spacial score (nSPS) is 12.3. The van der Waals surface area contributed by atoms with Crippen molar-refractivity contribution in [2.45, 2.75) is 12.5 Å². The highest BCUT2D eigenvalue weighted by atomic mass is 32.2. The first-order chi connectivity index (χ1) is 9.74. The topological polar surface area (TPSA) is 78.0 Å². The molecule has 0 fully saturated rings. The Kier molecular flexibility index (Phi) is 5.63. The van der Waals surface area contributed by atoms with Gasteiger partial charge in [0.25, 0.3) is 5.91 Å². The average molecular weight is 311 g/mol. The van der Waals surface area contributed by atoms with Crippen LogP contribution in [0.25, 0.3) is 11.3 Å². The van der Waals surface area contributed by atoms with Gasteiger partial charge in [-0.15, -0.1) is 0 Å². The molecule has 0 spiro atoms. The SMILES string of the molecule is CSCC[C@@H](CO)NC(=O)c1cc(-c2ccsc2)n[nH]1. The van der Waals surface area contributed by atoms with Crippen LogP contribution in [-0.4, -0.2) is 45.9 Å². The molecule has 7 heteroatoms. The molecular weight excluding hydrogens is 294 g/mol. The van der Waals surface area contributed by atoms with E-state index in [2.05, 4.69) is 15.5 Å². The van der Waals surface area contributed by atoms with Crippen molar-refractivity contribution in [1.29, 1.82) is 0 Å². The summed E-state index contributed by atoms with van der Waals surface area (Å²) < 4.78 is 0. The van der Waals surface area contributed by atoms with Crippen LogP contribution < -0.4 is 5.32 Å². The number of hydrogen-bond acceptors (Lipinski definition) is 5. The molecule has 3 N–H and O–H groups in total. The number of hydrogen-bond donors (Lipinski definition) is 3. The summed E-state index contributed by atoms with van der Waals surface area (Å²) in [4.78, 5) is 12.1. The molecule has 0 aliphatic carbocycles. The number of amides is 1. The number of aromatic amines is 1. The Morgan fingerprint density at radius 3 is 3.15 bits per heavy atom. The first-order valence-corrected chi connectivity index (χ1v) is 8.57. The predicted octanol–water partition coefficient (Wildman–Crippen LogP) is 1.98. The lowest BCUT2D eigenvalue weighted by molar-refractivity contribution is 0.0910. The number of thiophene rings is 1. The van der Waals surface area contributed by atoms with E-state index in [4.69, 9.17) is 0 Å². The first kappa shape index (κ1) is 15.1. The Hall–Kier alpha value is -1.31. The van der Waals surface area contributed by atoms with E-state index in [1.165, 1.54) is 0 Å². The van der Waals surface area contributed by atoms with E-state index < -0.39 is 0 Å². The van der Waals surface area contributed by atoms with Crippen molar-refractivity contribution in [3.63, 3.8) is 0 Å². The van der Waals surface area contributed by atoms with Crippen molar-refractivity contribution in [3.05, 3.63) is 28.6 Å². The van der Waals surface area contributed by atoms with Crippen LogP contribution in [0.4, 0.5) is 0 Å². The lowest BCUT2D eigenvalue weighted by Gasteiger charge is -2.14. The molecule has 0 bridgehead atoms. The lowest BCUT2D eigenvalue weighted by Crippen LogP contribution is -2.38. The highest BCUT2D eigenvalue weighted by Crippen LogP contribution is 2.20. The molecule has 5 nitrogen and oxygen atoms in total. The summed E-state index contributed by atoms with van der Waals surface area (Å²) in [6.45, 7) is -0.0577. The Morgan fingerprint density at radius 1 is 1.65 bits per heavy atom. The molecule has 1 amide bonds. The summed E-state index contributed by atoms with van der Waals surface area (Å²) in [5.74, 6) is 0.661. The van der Waals surface area contributed by atoms with Crippen LogP contribution in [0.5, 0.6) is 0 Å². The van der Waals surface area contributed by atoms with Crippen LogP contribution in [0.3, 0.4) is 0 Å². The van der Waals surface area contributed by atoms with Gasteiger partial charge in [-0.3, -0.25) is 9.89 Å². The van der Waals surface area contributed by atoms with E-state index in [0.29, 0.717) is 5.69 Å². The molecule has 1 atom stereocenters. The fourth-order valence-electron chi connectivity index (χ4n) is 1.73. The van der Waals surface area contributed by atoms with Gasteiger partial charge < -0.3 is 10.4 Å². The number of aliphatic hydroxyl groups is 1. The number of aliphatic hydroxyl groups excluding tert-OH is 1. The van der Waals surface area contributed by atoms with Gasteiger partial charge in [-0.1, -0.05) is 0 Å². The standard InChI is InChI=1S/C13H17N3O2S2/c1-19-4-3-10(7-17)14-13(18)12-6-11(15-16-12)9-2-5-20-8-9/h2,5-6,8,10,17H,3-4,7H2,1H3,(H,14,18)(H,15,16)/t10-/m0/s1. The second kappa shape index (κ2) is 7.47. The van der Waals surface area contributed by atoms with Gasteiger partial charge in [0, 0.05) is 10.9 Å². The molecule has 2 heterocycles. The zero-order valence-corrected chi connectivity index (χ0v) is 12.8. The van der Waals surface area contributed by atoms with Crippen LogP contribution in [0.1, 0.15) is 16.9 Å². The van der Waals surface area contributed by atoms with Crippen molar-refractivity contribution >= 4 is 29.0 Å². The third-order valence-electron chi connectivity index (χ3n) is 2.87. The van der Waals surface area contributed by atoms with Gasteiger partial charge in [-0.2, -0.15) is 28.2 Å². The van der Waals surface area contributed by atoms with Crippen molar-refractivity contribution in [2.24, 2.45) is 0 Å². The van der Waals surface area contributed by atoms with Gasteiger partial charge in [0.15, 0.2) is 0 Å². The number of thioether (sulfide) groups is 1. The van der Waals surface area contributed by atoms with Crippen molar-refractivity contribution in [1.82, 2.24) is 15.5 Å². The van der Waals surface area contributed by atoms with Crippen LogP contribution in [0.2, 0.25) is 0 Å². The van der Waals surface area contributed by atoms with Crippen LogP contribution in [0.15, 0.2) is 22.9 Å². The molecule has 2 rings (SSSR count). The van der Waals surface area contributed by atoms with Crippen LogP contribution in [0, 0.1) is 0 Å². The maximum absolute atomic E-state index is 12.1. The maximum atomic E-state index is 12.1. The minimum atomic E-state index is -0.237. The van der Waals surface area contributed by atoms with Crippen molar-refractivity contribution in [2.75, 3.05) is 18.6 Å². The number of nitrogens with zero attached hydrogens (tertiary/aromatic N) is 1. The van der Waals surface area contributed by atoms with Crippen LogP contribution in [-0.2, 0) is 0 Å². The van der Waals surface area contributed by atoms with Crippen molar-refractivity contribution < 1.29 is 9.90 Å². The first-order valence-electron chi connectivity index (χ1n) is 6.23. The zero-order chi connectivity index (χ0) is 14.4. The molecule has 20 heavy (non-hydrogen) atoms. The Labute approximate surface area is 125 Å². The van der Waals surface area contributed by atoms with E-state index in [1.807, 2.05) is 23.1 Å². The van der Waals surface area contributed by atoms with Crippen molar-refractivity contribution in [3.8, 4) is 11.3 Å². The fraction of sp³-hybridized carbons (Fsp3) is 0.385. The number of carbonyl (C=O) groups is 1. The number of nitrogens with one attached hydrogen (secondary N) is 2. The predicted molar refractivity (Wildman–Crippen MR) is 83.2 cm³/mol. The van der Waals surface area contributed by atoms with Gasteiger partial charge in [0.1, 0.15) is 5.69 Å². The van der Waals surface area contributed by atoms with E-state index in [1.54, 1.807) is 29.2 Å². The largest absolute Gasteiger partial charge is 0.394 e. The molecule has 0 aliphatic heterocycles. The number of carbonyl (C=O) groups excluding carboxylic acids is 1. The zero-order valence-electron chi connectivity index (χ0n) is 11.1. The summed E-state index contributed by atoms with van der Waals surface area (Å²) in [5.41, 5.74) is 2.15. The maximum Gasteiger partial charge on any atom is 0.269 e. The molecular formula is C13H17N3O2S2. The van der Waals surface area contributed by atoms with Gasteiger partial charge in [0.2, 0.25) is 0 Å². The number of H-pyrrole nitrogens is 1. The summed E-state index contributed by atoms with van der Waals surface area (Å²) in [7, 11) is 0. The summed E-state index contributed by atoms with van der Waals surface area (Å²) in [6.07, 6.45) is 2.74. The highest BCUT2D eigenvalue weighted by molar-refractivity contribution is 7.98. The number of rotatable bonds is 7. The minimum Gasteiger partial charge on any atom is -0.394 e. The molecule has 2 aromatic rings. The molecule has 0 saturated carbocycles. The number of aromatic nitrogens is 2. The third kappa shape index (κ3) is 3.84. The third-order valence-corrected chi connectivity index (χ3v) is 4.19. The van der Waals surface area contributed by atoms with E-state index >= 15 is 0 Å². The highest BCUT2D eigenvalue weighted by Gasteiger charge is 2.15. The Balaban J connectivity index is 1.99. The Morgan fingerprint density at radius 2 is 2.50 bits per heavy atom. The van der Waals surface area contributed by atoms with E-state index in [9.17, 15) is 9.90 Å². The lowest BCUT2D eigenvalue weighted by atomic mass is 10.2. The van der Waals surface area contributed by atoms with Gasteiger partial charge in [-0.05, 0) is 35.9 Å². The summed E-state index contributed by atoms with van der Waals surface area (Å²) >= 11 is 3.27. The molecule has 0 saturated heterocycles. The Bertz CT molecular complexity index is 540. The second-order valence-electron chi connectivity index (χ2n) is 4.31. The molecule has 0 aromatic carbocycles. The summed E-state index contributed by atoms with van der Waals surface area (Å²) in [5, 5.41) is 22.9. The molecule has 0 radical (unpaired) electrons. The second-order valence-corrected chi connectivity index (χ2v) is 6.08. The van der Waals surface area contributed by atoms with E-state index in [0.717, 1.165) is 23.4 Å².